The Morgan fingerprint density at radius 3 is 2.75 bits per heavy atom. The number of nitrogens with zero attached hydrogens (tertiary/aromatic N) is 1. The number of nitrogens with two attached hydrogens (primary N) is 2. The number of rotatable bonds is 3. The quantitative estimate of drug-likeness (QED) is 0.673. The van der Waals surface area contributed by atoms with Crippen LogP contribution < -0.4 is 21.7 Å². The highest BCUT2D eigenvalue weighted by Gasteiger charge is 2.11. The minimum absolute atomic E-state index is 0.0529. The fourth-order valence-electron chi connectivity index (χ4n) is 2.01. The van der Waals surface area contributed by atoms with Crippen LogP contribution in [0.25, 0.3) is 0 Å². The molecule has 0 amide bonds. The molecule has 0 saturated carbocycles. The van der Waals surface area contributed by atoms with Crippen LogP contribution in [0.3, 0.4) is 0 Å². The van der Waals surface area contributed by atoms with Gasteiger partial charge >= 0.3 is 0 Å². The van der Waals surface area contributed by atoms with Crippen molar-refractivity contribution in [1.29, 1.82) is 0 Å². The maximum absolute atomic E-state index is 5.94. The summed E-state index contributed by atoms with van der Waals surface area (Å²) < 4.78 is 0. The molecule has 1 saturated heterocycles. The molecule has 4 nitrogen and oxygen atoms in total. The fourth-order valence-corrected chi connectivity index (χ4v) is 2.01. The van der Waals surface area contributed by atoms with Crippen LogP contribution in [0.15, 0.2) is 24.3 Å². The largest absolute Gasteiger partial charge is 0.369 e. The van der Waals surface area contributed by atoms with E-state index < -0.39 is 0 Å². The Bertz CT molecular complexity index is 334. The lowest BCUT2D eigenvalue weighted by Crippen LogP contribution is -2.43. The molecule has 0 aromatic heterocycles. The normalized spacial score (nSPS) is 18.5. The molecule has 16 heavy (non-hydrogen) atoms. The van der Waals surface area contributed by atoms with Crippen molar-refractivity contribution in [2.45, 2.75) is 6.04 Å². The summed E-state index contributed by atoms with van der Waals surface area (Å²) in [4.78, 5) is 2.38. The Morgan fingerprint density at radius 2 is 2.06 bits per heavy atom. The molecule has 1 aromatic rings. The molecule has 5 N–H and O–H groups in total. The van der Waals surface area contributed by atoms with Crippen molar-refractivity contribution < 1.29 is 0 Å². The monoisotopic (exact) mass is 220 g/mol. The summed E-state index contributed by atoms with van der Waals surface area (Å²) >= 11 is 0. The zero-order chi connectivity index (χ0) is 11.4. The van der Waals surface area contributed by atoms with Crippen molar-refractivity contribution in [3.05, 3.63) is 29.8 Å². The number of piperazine rings is 1. The molecular formula is C12H20N4. The number of anilines is 1. The van der Waals surface area contributed by atoms with Gasteiger partial charge in [-0.1, -0.05) is 12.1 Å². The lowest BCUT2D eigenvalue weighted by molar-refractivity contribution is 0.589. The number of hydrogen-bond acceptors (Lipinski definition) is 4. The predicted octanol–water partition coefficient (Wildman–Crippen LogP) is 0.0547. The van der Waals surface area contributed by atoms with Crippen LogP contribution >= 0.6 is 0 Å². The van der Waals surface area contributed by atoms with Gasteiger partial charge in [0.25, 0.3) is 0 Å². The topological polar surface area (TPSA) is 67.3 Å². The second-order valence-corrected chi connectivity index (χ2v) is 4.17. The first-order chi connectivity index (χ1) is 7.81. The Labute approximate surface area is 96.6 Å². The van der Waals surface area contributed by atoms with Crippen molar-refractivity contribution >= 4 is 5.69 Å². The highest BCUT2D eigenvalue weighted by molar-refractivity contribution is 5.49. The molecule has 1 aliphatic rings. The molecule has 1 aliphatic heterocycles. The van der Waals surface area contributed by atoms with Crippen LogP contribution in [0.2, 0.25) is 0 Å². The molecule has 4 heteroatoms. The second kappa shape index (κ2) is 5.30. The van der Waals surface area contributed by atoms with E-state index in [1.165, 1.54) is 5.69 Å². The van der Waals surface area contributed by atoms with Gasteiger partial charge in [-0.2, -0.15) is 0 Å². The smallest absolute Gasteiger partial charge is 0.0420 e. The molecule has 2 rings (SSSR count). The van der Waals surface area contributed by atoms with E-state index in [0.717, 1.165) is 31.7 Å². The van der Waals surface area contributed by atoms with E-state index in [1.807, 2.05) is 6.07 Å². The van der Waals surface area contributed by atoms with Gasteiger partial charge in [-0.25, -0.2) is 0 Å². The third kappa shape index (κ3) is 2.52. The Morgan fingerprint density at radius 1 is 1.31 bits per heavy atom. The van der Waals surface area contributed by atoms with Gasteiger partial charge in [-0.05, 0) is 17.7 Å². The summed E-state index contributed by atoms with van der Waals surface area (Å²) in [5.41, 5.74) is 13.9. The predicted molar refractivity (Wildman–Crippen MR) is 67.5 cm³/mol. The van der Waals surface area contributed by atoms with E-state index in [4.69, 9.17) is 11.5 Å². The van der Waals surface area contributed by atoms with Gasteiger partial charge in [-0.15, -0.1) is 0 Å². The van der Waals surface area contributed by atoms with E-state index in [0.29, 0.717) is 6.54 Å². The summed E-state index contributed by atoms with van der Waals surface area (Å²) in [6, 6.07) is 8.34. The summed E-state index contributed by atoms with van der Waals surface area (Å²) in [6.07, 6.45) is 0. The van der Waals surface area contributed by atoms with Crippen LogP contribution in [0, 0.1) is 0 Å². The van der Waals surface area contributed by atoms with Crippen molar-refractivity contribution in [3.8, 4) is 0 Å². The molecule has 0 spiro atoms. The molecule has 88 valence electrons. The van der Waals surface area contributed by atoms with Crippen LogP contribution in [0.5, 0.6) is 0 Å². The first kappa shape index (κ1) is 11.4. The molecule has 0 radical (unpaired) electrons. The molecular weight excluding hydrogens is 200 g/mol. The standard InChI is InChI=1S/C12H20N4/c13-9-12(14)10-2-1-3-11(8-10)16-6-4-15-5-7-16/h1-3,8,12,15H,4-7,9,13-14H2/t12-/m0/s1. The van der Waals surface area contributed by atoms with Crippen molar-refractivity contribution in [2.75, 3.05) is 37.6 Å². The maximum Gasteiger partial charge on any atom is 0.0420 e. The van der Waals surface area contributed by atoms with Crippen molar-refractivity contribution in [2.24, 2.45) is 11.5 Å². The van der Waals surface area contributed by atoms with Crippen LogP contribution in [-0.4, -0.2) is 32.7 Å². The molecule has 0 unspecified atom stereocenters. The van der Waals surface area contributed by atoms with Gasteiger partial charge in [0.2, 0.25) is 0 Å². The lowest BCUT2D eigenvalue weighted by atomic mass is 10.1. The minimum Gasteiger partial charge on any atom is -0.369 e. The molecule has 0 bridgehead atoms. The molecule has 1 aromatic carbocycles. The SMILES string of the molecule is NC[C@H](N)c1cccc(N2CCNCC2)c1. The summed E-state index contributed by atoms with van der Waals surface area (Å²) in [7, 11) is 0. The minimum atomic E-state index is -0.0529. The third-order valence-corrected chi connectivity index (χ3v) is 3.03. The molecule has 1 fully saturated rings. The van der Waals surface area contributed by atoms with E-state index in [2.05, 4.69) is 28.4 Å². The number of hydrogen-bond donors (Lipinski definition) is 3. The van der Waals surface area contributed by atoms with E-state index in [9.17, 15) is 0 Å². The maximum atomic E-state index is 5.94. The van der Waals surface area contributed by atoms with Crippen LogP contribution in [0.4, 0.5) is 5.69 Å². The third-order valence-electron chi connectivity index (χ3n) is 3.03. The van der Waals surface area contributed by atoms with E-state index in [-0.39, 0.29) is 6.04 Å². The van der Waals surface area contributed by atoms with E-state index >= 15 is 0 Å². The van der Waals surface area contributed by atoms with Crippen molar-refractivity contribution in [1.82, 2.24) is 5.32 Å². The Kier molecular flexibility index (Phi) is 3.77. The second-order valence-electron chi connectivity index (χ2n) is 4.17. The summed E-state index contributed by atoms with van der Waals surface area (Å²) in [6.45, 7) is 4.70. The summed E-state index contributed by atoms with van der Waals surface area (Å²) in [5, 5.41) is 3.35. The van der Waals surface area contributed by atoms with E-state index in [1.54, 1.807) is 0 Å². The summed E-state index contributed by atoms with van der Waals surface area (Å²) in [5.74, 6) is 0. The average Bonchev–Trinajstić information content (AvgIpc) is 2.39. The number of nitrogens with one attached hydrogen (secondary N) is 1. The molecule has 1 heterocycles. The zero-order valence-electron chi connectivity index (χ0n) is 9.52. The van der Waals surface area contributed by atoms with Crippen LogP contribution in [0.1, 0.15) is 11.6 Å². The van der Waals surface area contributed by atoms with Gasteiger partial charge < -0.3 is 21.7 Å². The fraction of sp³-hybridized carbons (Fsp3) is 0.500. The van der Waals surface area contributed by atoms with Crippen LogP contribution in [-0.2, 0) is 0 Å². The van der Waals surface area contributed by atoms with Gasteiger partial charge in [0.05, 0.1) is 0 Å². The first-order valence-corrected chi connectivity index (χ1v) is 5.82. The van der Waals surface area contributed by atoms with Gasteiger partial charge in [0, 0.05) is 44.5 Å². The van der Waals surface area contributed by atoms with Gasteiger partial charge in [0.1, 0.15) is 0 Å². The number of benzene rings is 1. The molecule has 1 atom stereocenters. The Hall–Kier alpha value is -1.10. The lowest BCUT2D eigenvalue weighted by Gasteiger charge is -2.30. The van der Waals surface area contributed by atoms with Crippen molar-refractivity contribution in [3.63, 3.8) is 0 Å². The van der Waals surface area contributed by atoms with Gasteiger partial charge in [0.15, 0.2) is 0 Å². The zero-order valence-corrected chi connectivity index (χ0v) is 9.52. The van der Waals surface area contributed by atoms with Gasteiger partial charge in [-0.3, -0.25) is 0 Å². The highest BCUT2D eigenvalue weighted by atomic mass is 15.2. The molecule has 0 aliphatic carbocycles. The Balaban J connectivity index is 2.14. The average molecular weight is 220 g/mol. The first-order valence-electron chi connectivity index (χ1n) is 5.82. The highest BCUT2D eigenvalue weighted by Crippen LogP contribution is 2.19.